The molecule has 0 aromatic rings. The molecule has 1 heterocycles. The van der Waals surface area contributed by atoms with Crippen LogP contribution in [-0.4, -0.2) is 27.8 Å². The Kier molecular flexibility index (Phi) is 2.04. The summed E-state index contributed by atoms with van der Waals surface area (Å²) in [4.78, 5) is 0. The molecule has 0 amide bonds. The van der Waals surface area contributed by atoms with E-state index in [-0.39, 0.29) is 0 Å². The summed E-state index contributed by atoms with van der Waals surface area (Å²) in [6, 6.07) is 0.962. The Balaban J connectivity index is 2.02. The van der Waals surface area contributed by atoms with Crippen LogP contribution in [0.4, 0.5) is 0 Å². The highest BCUT2D eigenvalue weighted by atomic mass is 32.2. The zero-order valence-corrected chi connectivity index (χ0v) is 8.62. The molecular weight excluding hydrogens is 170 g/mol. The number of rotatable bonds is 1. The summed E-state index contributed by atoms with van der Waals surface area (Å²) in [6.07, 6.45) is 2.63. The van der Waals surface area contributed by atoms with Gasteiger partial charge in [0.05, 0.1) is 0 Å². The monoisotopic (exact) mass is 187 g/mol. The molecule has 12 heavy (non-hydrogen) atoms. The summed E-state index contributed by atoms with van der Waals surface area (Å²) in [5.74, 6) is 1.72. The summed E-state index contributed by atoms with van der Waals surface area (Å²) < 4.78 is 11.4. The molecule has 0 radical (unpaired) electrons. The van der Waals surface area contributed by atoms with Crippen LogP contribution in [0.5, 0.6) is 0 Å². The Morgan fingerprint density at radius 1 is 1.42 bits per heavy atom. The van der Waals surface area contributed by atoms with Crippen LogP contribution in [0, 0.1) is 5.41 Å². The van der Waals surface area contributed by atoms with Crippen molar-refractivity contribution in [3.63, 3.8) is 0 Å². The van der Waals surface area contributed by atoms with Gasteiger partial charge in [-0.3, -0.25) is 4.21 Å². The van der Waals surface area contributed by atoms with Crippen molar-refractivity contribution in [3.05, 3.63) is 0 Å². The third-order valence-corrected chi connectivity index (χ3v) is 4.73. The van der Waals surface area contributed by atoms with Crippen LogP contribution in [0.25, 0.3) is 0 Å². The van der Waals surface area contributed by atoms with E-state index >= 15 is 0 Å². The van der Waals surface area contributed by atoms with E-state index in [0.29, 0.717) is 17.5 Å². The molecular formula is C9H17NOS. The van der Waals surface area contributed by atoms with E-state index < -0.39 is 10.8 Å². The Bertz CT molecular complexity index is 213. The first-order valence-electron chi connectivity index (χ1n) is 4.71. The molecule has 0 spiro atoms. The van der Waals surface area contributed by atoms with Crippen molar-refractivity contribution < 1.29 is 4.21 Å². The summed E-state index contributed by atoms with van der Waals surface area (Å²) in [5.41, 5.74) is 0.477. The molecule has 0 aromatic heterocycles. The normalized spacial score (nSPS) is 45.7. The molecule has 2 aliphatic rings. The molecule has 3 heteroatoms. The minimum absolute atomic E-state index is 0.446. The maximum Gasteiger partial charge on any atom is 0.0394 e. The lowest BCUT2D eigenvalue weighted by Gasteiger charge is -2.32. The van der Waals surface area contributed by atoms with Gasteiger partial charge in [-0.15, -0.1) is 0 Å². The van der Waals surface area contributed by atoms with Crippen molar-refractivity contribution >= 4 is 10.8 Å². The van der Waals surface area contributed by atoms with Crippen molar-refractivity contribution in [2.75, 3.05) is 11.5 Å². The minimum Gasteiger partial charge on any atom is -0.309 e. The van der Waals surface area contributed by atoms with E-state index in [1.54, 1.807) is 0 Å². The highest BCUT2D eigenvalue weighted by Gasteiger charge is 2.46. The lowest BCUT2D eigenvalue weighted by Crippen LogP contribution is -2.52. The standard InChI is InChI=1S/C9H17NOS/c1-7-5-12(11)6-8(10-7)9(2)3-4-9/h7-8,10H,3-6H2,1-2H3. The third kappa shape index (κ3) is 1.57. The summed E-state index contributed by atoms with van der Waals surface area (Å²) in [6.45, 7) is 4.44. The predicted octanol–water partition coefficient (Wildman–Crippen LogP) is 0.895. The highest BCUT2D eigenvalue weighted by Crippen LogP contribution is 2.48. The van der Waals surface area contributed by atoms with E-state index in [4.69, 9.17) is 0 Å². The van der Waals surface area contributed by atoms with Crippen LogP contribution in [0.3, 0.4) is 0 Å². The Morgan fingerprint density at radius 3 is 2.58 bits per heavy atom. The van der Waals surface area contributed by atoms with Crippen LogP contribution in [0.2, 0.25) is 0 Å². The molecule has 2 rings (SSSR count). The maximum atomic E-state index is 11.4. The van der Waals surface area contributed by atoms with Crippen molar-refractivity contribution in [3.8, 4) is 0 Å². The molecule has 70 valence electrons. The Hall–Kier alpha value is 0.110. The fraction of sp³-hybridized carbons (Fsp3) is 1.00. The predicted molar refractivity (Wildman–Crippen MR) is 51.6 cm³/mol. The van der Waals surface area contributed by atoms with Gasteiger partial charge in [-0.25, -0.2) is 0 Å². The third-order valence-electron chi connectivity index (χ3n) is 3.15. The highest BCUT2D eigenvalue weighted by molar-refractivity contribution is 7.85. The molecule has 1 aliphatic carbocycles. The molecule has 2 nitrogen and oxygen atoms in total. The molecule has 1 N–H and O–H groups in total. The Morgan fingerprint density at radius 2 is 2.08 bits per heavy atom. The van der Waals surface area contributed by atoms with E-state index in [1.165, 1.54) is 12.8 Å². The van der Waals surface area contributed by atoms with Gasteiger partial charge in [0.1, 0.15) is 0 Å². The van der Waals surface area contributed by atoms with Gasteiger partial charge in [0.15, 0.2) is 0 Å². The van der Waals surface area contributed by atoms with Crippen molar-refractivity contribution in [1.29, 1.82) is 0 Å². The lowest BCUT2D eigenvalue weighted by atomic mass is 10.00. The molecule has 0 aromatic carbocycles. The second-order valence-electron chi connectivity index (χ2n) is 4.55. The lowest BCUT2D eigenvalue weighted by molar-refractivity contribution is 0.350. The quantitative estimate of drug-likeness (QED) is 0.660. The molecule has 1 saturated heterocycles. The number of hydrogen-bond acceptors (Lipinski definition) is 2. The van der Waals surface area contributed by atoms with Gasteiger partial charge < -0.3 is 5.32 Å². The minimum atomic E-state index is -0.569. The molecule has 0 bridgehead atoms. The second-order valence-corrected chi connectivity index (χ2v) is 6.09. The number of nitrogens with one attached hydrogen (secondary N) is 1. The fourth-order valence-electron chi connectivity index (χ4n) is 1.92. The zero-order chi connectivity index (χ0) is 8.77. The maximum absolute atomic E-state index is 11.4. The largest absolute Gasteiger partial charge is 0.309 e. The first kappa shape index (κ1) is 8.70. The molecule has 3 atom stereocenters. The van der Waals surface area contributed by atoms with Gasteiger partial charge in [-0.2, -0.15) is 0 Å². The molecule has 1 aliphatic heterocycles. The van der Waals surface area contributed by atoms with Crippen LogP contribution in [0.1, 0.15) is 26.7 Å². The molecule has 3 unspecified atom stereocenters. The van der Waals surface area contributed by atoms with Gasteiger partial charge in [-0.05, 0) is 25.2 Å². The van der Waals surface area contributed by atoms with Gasteiger partial charge in [0.2, 0.25) is 0 Å². The van der Waals surface area contributed by atoms with Crippen LogP contribution in [0.15, 0.2) is 0 Å². The zero-order valence-electron chi connectivity index (χ0n) is 7.80. The summed E-state index contributed by atoms with van der Waals surface area (Å²) >= 11 is 0. The van der Waals surface area contributed by atoms with Crippen molar-refractivity contribution in [1.82, 2.24) is 5.32 Å². The fourth-order valence-corrected chi connectivity index (χ4v) is 3.58. The Labute approximate surface area is 76.6 Å². The summed E-state index contributed by atoms with van der Waals surface area (Å²) in [7, 11) is -0.569. The molecule has 2 fully saturated rings. The van der Waals surface area contributed by atoms with Gasteiger partial charge in [0.25, 0.3) is 0 Å². The first-order chi connectivity index (χ1) is 5.60. The first-order valence-corrected chi connectivity index (χ1v) is 6.20. The molecule has 1 saturated carbocycles. The van der Waals surface area contributed by atoms with Gasteiger partial charge >= 0.3 is 0 Å². The van der Waals surface area contributed by atoms with Crippen LogP contribution >= 0.6 is 0 Å². The van der Waals surface area contributed by atoms with Crippen LogP contribution < -0.4 is 5.32 Å². The van der Waals surface area contributed by atoms with E-state index in [2.05, 4.69) is 19.2 Å². The van der Waals surface area contributed by atoms with E-state index in [9.17, 15) is 4.21 Å². The SMILES string of the molecule is CC1CS(=O)CC(C2(C)CC2)N1. The van der Waals surface area contributed by atoms with Gasteiger partial charge in [-0.1, -0.05) is 6.92 Å². The summed E-state index contributed by atoms with van der Waals surface area (Å²) in [5, 5.41) is 3.56. The van der Waals surface area contributed by atoms with E-state index in [0.717, 1.165) is 11.5 Å². The van der Waals surface area contributed by atoms with Crippen molar-refractivity contribution in [2.45, 2.75) is 38.8 Å². The van der Waals surface area contributed by atoms with Crippen molar-refractivity contribution in [2.24, 2.45) is 5.41 Å². The van der Waals surface area contributed by atoms with Crippen LogP contribution in [-0.2, 0) is 10.8 Å². The van der Waals surface area contributed by atoms with E-state index in [1.807, 2.05) is 0 Å². The second kappa shape index (κ2) is 2.81. The average Bonchev–Trinajstić information content (AvgIpc) is 2.67. The smallest absolute Gasteiger partial charge is 0.0394 e. The topological polar surface area (TPSA) is 29.1 Å². The van der Waals surface area contributed by atoms with Gasteiger partial charge in [0, 0.05) is 34.4 Å². The average molecular weight is 187 g/mol. The number of hydrogen-bond donors (Lipinski definition) is 1.